The van der Waals surface area contributed by atoms with Gasteiger partial charge in [0.2, 0.25) is 0 Å². The van der Waals surface area contributed by atoms with Crippen LogP contribution in [0.25, 0.3) is 0 Å². The van der Waals surface area contributed by atoms with E-state index in [1.165, 1.54) is 6.42 Å². The Balaban J connectivity index is 0.000000853. The van der Waals surface area contributed by atoms with Gasteiger partial charge in [-0.05, 0) is 25.2 Å². The first-order chi connectivity index (χ1) is 6.46. The van der Waals surface area contributed by atoms with Crippen LogP contribution in [-0.2, 0) is 9.53 Å². The summed E-state index contributed by atoms with van der Waals surface area (Å²) in [6.45, 7) is 4.96. The molecule has 1 N–H and O–H groups in total. The zero-order valence-electron chi connectivity index (χ0n) is 9.67. The Morgan fingerprint density at radius 3 is 2.53 bits per heavy atom. The summed E-state index contributed by atoms with van der Waals surface area (Å²) < 4.78 is 5.64. The van der Waals surface area contributed by atoms with Gasteiger partial charge in [0.15, 0.2) is 5.60 Å². The largest absolute Gasteiger partial charge is 0.479 e. The molecule has 4 bridgehead atoms. The number of carboxylic acid groups (broad SMARTS) is 1. The fourth-order valence-corrected chi connectivity index (χ4v) is 4.23. The summed E-state index contributed by atoms with van der Waals surface area (Å²) in [5.41, 5.74) is -0.868. The third kappa shape index (κ3) is 0.951. The average Bonchev–Trinajstić information content (AvgIpc) is 2.58. The number of hydrogen-bond donors (Lipinski definition) is 1. The molecule has 0 aromatic heterocycles. The maximum Gasteiger partial charge on any atom is 0.336 e. The maximum absolute atomic E-state index is 11.4. The smallest absolute Gasteiger partial charge is 0.336 e. The number of hydrogen-bond acceptors (Lipinski definition) is 2. The fraction of sp³-hybridized carbons (Fsp3) is 0.909. The molecule has 0 amide bonds. The molecule has 3 nitrogen and oxygen atoms in total. The Hall–Kier alpha value is 0.430. The van der Waals surface area contributed by atoms with Crippen molar-refractivity contribution in [1.82, 2.24) is 0 Å². The fourth-order valence-electron chi connectivity index (χ4n) is 4.23. The van der Waals surface area contributed by atoms with E-state index in [0.29, 0.717) is 12.5 Å². The zero-order valence-corrected chi connectivity index (χ0v) is 11.7. The van der Waals surface area contributed by atoms with Gasteiger partial charge in [-0.2, -0.15) is 0 Å². The predicted molar refractivity (Wildman–Crippen MR) is 55.6 cm³/mol. The van der Waals surface area contributed by atoms with Crippen molar-refractivity contribution in [2.45, 2.75) is 38.7 Å². The Bertz CT molecular complexity index is 332. The number of aliphatic carboxylic acids is 1. The van der Waals surface area contributed by atoms with E-state index in [1.807, 2.05) is 0 Å². The van der Waals surface area contributed by atoms with Gasteiger partial charge in [0.05, 0.1) is 6.61 Å². The van der Waals surface area contributed by atoms with Gasteiger partial charge in [0.25, 0.3) is 0 Å². The number of carboxylic acids is 1. The van der Waals surface area contributed by atoms with E-state index >= 15 is 0 Å². The number of rotatable bonds is 1. The van der Waals surface area contributed by atoms with Crippen molar-refractivity contribution >= 4 is 35.5 Å². The molecule has 2 saturated carbocycles. The van der Waals surface area contributed by atoms with E-state index in [1.54, 1.807) is 0 Å². The molecule has 3 aliphatic rings. The molecule has 4 unspecified atom stereocenters. The van der Waals surface area contributed by atoms with E-state index in [-0.39, 0.29) is 40.4 Å². The van der Waals surface area contributed by atoms with Gasteiger partial charge >= 0.3 is 5.97 Å². The Morgan fingerprint density at radius 1 is 1.47 bits per heavy atom. The second-order valence-corrected chi connectivity index (χ2v) is 5.61. The molecular formula is C11H16NaO3. The summed E-state index contributed by atoms with van der Waals surface area (Å²) in [6, 6.07) is 0. The molecule has 2 aliphatic carbocycles. The second-order valence-electron chi connectivity index (χ2n) is 5.61. The van der Waals surface area contributed by atoms with Crippen LogP contribution in [0, 0.1) is 16.7 Å². The Labute approximate surface area is 112 Å². The van der Waals surface area contributed by atoms with E-state index < -0.39 is 11.6 Å². The first-order valence-corrected chi connectivity index (χ1v) is 5.34. The van der Waals surface area contributed by atoms with Crippen LogP contribution >= 0.6 is 0 Å². The molecule has 15 heavy (non-hydrogen) atoms. The van der Waals surface area contributed by atoms with Gasteiger partial charge in [-0.3, -0.25) is 0 Å². The van der Waals surface area contributed by atoms with Crippen LogP contribution < -0.4 is 0 Å². The molecule has 0 aromatic carbocycles. The van der Waals surface area contributed by atoms with Crippen molar-refractivity contribution in [2.24, 2.45) is 16.7 Å². The van der Waals surface area contributed by atoms with Crippen LogP contribution in [0.15, 0.2) is 0 Å². The van der Waals surface area contributed by atoms with E-state index in [4.69, 9.17) is 4.74 Å². The molecule has 0 spiro atoms. The number of ether oxygens (including phenoxy) is 1. The minimum atomic E-state index is -0.856. The van der Waals surface area contributed by atoms with Gasteiger partial charge < -0.3 is 9.84 Å². The van der Waals surface area contributed by atoms with Gasteiger partial charge in [-0.25, -0.2) is 4.79 Å². The summed E-state index contributed by atoms with van der Waals surface area (Å²) in [5.74, 6) is -0.178. The normalized spacial score (nSPS) is 55.5. The van der Waals surface area contributed by atoms with Crippen LogP contribution in [0.5, 0.6) is 0 Å². The minimum Gasteiger partial charge on any atom is -0.479 e. The third-order valence-corrected chi connectivity index (χ3v) is 5.54. The summed E-state index contributed by atoms with van der Waals surface area (Å²) in [4.78, 5) is 11.4. The third-order valence-electron chi connectivity index (χ3n) is 5.54. The molecule has 3 rings (SSSR count). The van der Waals surface area contributed by atoms with Crippen molar-refractivity contribution in [3.05, 3.63) is 0 Å². The summed E-state index contributed by atoms with van der Waals surface area (Å²) in [6.07, 6.45) is 2.93. The monoisotopic (exact) mass is 219 g/mol. The van der Waals surface area contributed by atoms with Crippen LogP contribution in [0.4, 0.5) is 0 Å². The minimum absolute atomic E-state index is 0. The number of carbonyl (C=O) groups is 1. The standard InChI is InChI=1S/C11H16O3.Na/c1-9-6-14-11(8(12)13)5-7(9)3-4-10(9,11)2;/h7H,3-6H2,1-2H3,(H,12,13);. The Morgan fingerprint density at radius 2 is 2.13 bits per heavy atom. The molecule has 1 heterocycles. The molecular weight excluding hydrogens is 203 g/mol. The second kappa shape index (κ2) is 3.00. The van der Waals surface area contributed by atoms with E-state index in [2.05, 4.69) is 13.8 Å². The van der Waals surface area contributed by atoms with E-state index in [9.17, 15) is 9.90 Å². The molecule has 1 saturated heterocycles. The first-order valence-electron chi connectivity index (χ1n) is 5.34. The topological polar surface area (TPSA) is 46.5 Å². The van der Waals surface area contributed by atoms with Crippen LogP contribution in [0.3, 0.4) is 0 Å². The molecule has 79 valence electrons. The first kappa shape index (κ1) is 11.9. The molecule has 4 atom stereocenters. The predicted octanol–water partition coefficient (Wildman–Crippen LogP) is 1.29. The average molecular weight is 219 g/mol. The van der Waals surface area contributed by atoms with Gasteiger partial charge in [0, 0.05) is 40.4 Å². The van der Waals surface area contributed by atoms with Gasteiger partial charge in [-0.1, -0.05) is 13.8 Å². The molecule has 3 fully saturated rings. The van der Waals surface area contributed by atoms with Crippen LogP contribution in [-0.4, -0.2) is 52.8 Å². The van der Waals surface area contributed by atoms with Crippen LogP contribution in [0.1, 0.15) is 33.1 Å². The summed E-state index contributed by atoms with van der Waals surface area (Å²) >= 11 is 0. The van der Waals surface area contributed by atoms with Crippen molar-refractivity contribution in [1.29, 1.82) is 0 Å². The Kier molecular flexibility index (Phi) is 2.38. The maximum atomic E-state index is 11.4. The van der Waals surface area contributed by atoms with Crippen molar-refractivity contribution in [2.75, 3.05) is 6.61 Å². The quantitative estimate of drug-likeness (QED) is 0.676. The van der Waals surface area contributed by atoms with Crippen molar-refractivity contribution in [3.63, 3.8) is 0 Å². The summed E-state index contributed by atoms with van der Waals surface area (Å²) in [5, 5.41) is 9.37. The van der Waals surface area contributed by atoms with Crippen molar-refractivity contribution < 1.29 is 14.6 Å². The molecule has 1 radical (unpaired) electrons. The molecule has 0 aromatic rings. The van der Waals surface area contributed by atoms with E-state index in [0.717, 1.165) is 12.8 Å². The molecule has 4 heteroatoms. The molecule has 1 aliphatic heterocycles. The van der Waals surface area contributed by atoms with Crippen LogP contribution in [0.2, 0.25) is 0 Å². The van der Waals surface area contributed by atoms with Gasteiger partial charge in [-0.15, -0.1) is 0 Å². The van der Waals surface area contributed by atoms with Gasteiger partial charge in [0.1, 0.15) is 0 Å². The van der Waals surface area contributed by atoms with Crippen molar-refractivity contribution in [3.8, 4) is 0 Å². The summed E-state index contributed by atoms with van der Waals surface area (Å²) in [7, 11) is 0. The SMILES string of the molecule is CC12COC3(C(=O)O)CC1CCC32C.[Na]. The zero-order chi connectivity index (χ0) is 10.2.